The molecule has 5 atom stereocenters. The zero-order valence-electron chi connectivity index (χ0n) is 11.8. The van der Waals surface area contributed by atoms with E-state index in [1.54, 1.807) is 17.7 Å². The molecule has 0 heterocycles. The summed E-state index contributed by atoms with van der Waals surface area (Å²) in [7, 11) is -3.18. The molecule has 0 spiro atoms. The van der Waals surface area contributed by atoms with Crippen LogP contribution in [0.15, 0.2) is 58.5 Å². The number of hydrogen-bond acceptors (Lipinski definition) is 2. The van der Waals surface area contributed by atoms with Crippen molar-refractivity contribution >= 4 is 9.84 Å². The van der Waals surface area contributed by atoms with Gasteiger partial charge in [-0.1, -0.05) is 41.5 Å². The zero-order chi connectivity index (χ0) is 14.2. The monoisotopic (exact) mass is 298 g/mol. The quantitative estimate of drug-likeness (QED) is 0.619. The fourth-order valence-electron chi connectivity index (χ4n) is 5.32. The maximum atomic E-state index is 13.0. The first-order valence-electron chi connectivity index (χ1n) is 7.87. The van der Waals surface area contributed by atoms with Gasteiger partial charge in [-0.25, -0.2) is 8.42 Å². The highest BCUT2D eigenvalue weighted by Gasteiger charge is 2.56. The minimum Gasteiger partial charge on any atom is -0.223 e. The first kappa shape index (κ1) is 12.2. The molecule has 0 amide bonds. The lowest BCUT2D eigenvalue weighted by molar-refractivity contribution is 0.536. The SMILES string of the molecule is O=S(=O)(c1ccccc1)[C@H]1C[C@H]2C[C@H]1C1=C2[C@H]2C=C[C@H]1C2. The van der Waals surface area contributed by atoms with Crippen LogP contribution in [0.25, 0.3) is 0 Å². The summed E-state index contributed by atoms with van der Waals surface area (Å²) in [6, 6.07) is 9.02. The van der Waals surface area contributed by atoms with Crippen LogP contribution in [0.3, 0.4) is 0 Å². The summed E-state index contributed by atoms with van der Waals surface area (Å²) in [5.74, 6) is 2.01. The van der Waals surface area contributed by atoms with Gasteiger partial charge in [0, 0.05) is 0 Å². The highest BCUT2D eigenvalue weighted by atomic mass is 32.2. The maximum absolute atomic E-state index is 13.0. The van der Waals surface area contributed by atoms with Crippen molar-refractivity contribution in [3.8, 4) is 0 Å². The molecule has 4 bridgehead atoms. The minimum atomic E-state index is -3.18. The smallest absolute Gasteiger partial charge is 0.181 e. The van der Waals surface area contributed by atoms with Crippen LogP contribution in [-0.4, -0.2) is 13.7 Å². The lowest BCUT2D eigenvalue weighted by Gasteiger charge is -2.28. The standard InChI is InChI=1S/C18H18O2S/c19-21(20,14-4-2-1-3-5-14)16-10-13-9-15(16)18-12-7-6-11(8-12)17(13)18/h1-7,11-13,15-16H,8-10H2/t11-,12-,13+,15+,16-/m0/s1. The van der Waals surface area contributed by atoms with Crippen LogP contribution in [0.4, 0.5) is 0 Å². The van der Waals surface area contributed by atoms with Crippen molar-refractivity contribution in [3.63, 3.8) is 0 Å². The molecule has 1 aromatic carbocycles. The third-order valence-electron chi connectivity index (χ3n) is 6.03. The third-order valence-corrected chi connectivity index (χ3v) is 8.28. The van der Waals surface area contributed by atoms with Gasteiger partial charge in [-0.3, -0.25) is 0 Å². The van der Waals surface area contributed by atoms with Gasteiger partial charge in [0.25, 0.3) is 0 Å². The molecule has 0 saturated heterocycles. The van der Waals surface area contributed by atoms with Gasteiger partial charge in [0.1, 0.15) is 0 Å². The van der Waals surface area contributed by atoms with Gasteiger partial charge in [-0.2, -0.15) is 0 Å². The van der Waals surface area contributed by atoms with Crippen LogP contribution in [0, 0.1) is 23.7 Å². The van der Waals surface area contributed by atoms with Gasteiger partial charge in [0.2, 0.25) is 0 Å². The van der Waals surface area contributed by atoms with Crippen LogP contribution < -0.4 is 0 Å². The van der Waals surface area contributed by atoms with Crippen LogP contribution in [0.2, 0.25) is 0 Å². The van der Waals surface area contributed by atoms with Gasteiger partial charge in [-0.15, -0.1) is 0 Å². The Labute approximate surface area is 125 Å². The largest absolute Gasteiger partial charge is 0.223 e. The molecule has 108 valence electrons. The van der Waals surface area contributed by atoms with Crippen molar-refractivity contribution in [2.24, 2.45) is 23.7 Å². The van der Waals surface area contributed by atoms with E-state index in [0.29, 0.717) is 22.6 Å². The summed E-state index contributed by atoms with van der Waals surface area (Å²) >= 11 is 0. The summed E-state index contributed by atoms with van der Waals surface area (Å²) in [6.45, 7) is 0. The van der Waals surface area contributed by atoms with Gasteiger partial charge in [0.15, 0.2) is 9.84 Å². The van der Waals surface area contributed by atoms with Crippen molar-refractivity contribution in [2.75, 3.05) is 0 Å². The second-order valence-corrected chi connectivity index (χ2v) is 9.08. The van der Waals surface area contributed by atoms with E-state index in [0.717, 1.165) is 12.8 Å². The van der Waals surface area contributed by atoms with Gasteiger partial charge in [0.05, 0.1) is 10.1 Å². The molecule has 1 aromatic rings. The highest BCUT2D eigenvalue weighted by Crippen LogP contribution is 2.62. The third kappa shape index (κ3) is 1.45. The van der Waals surface area contributed by atoms with E-state index in [1.165, 1.54) is 12.0 Å². The number of fused-ring (bicyclic) bond motifs is 8. The lowest BCUT2D eigenvalue weighted by atomic mass is 9.85. The van der Waals surface area contributed by atoms with Gasteiger partial charge < -0.3 is 0 Å². The van der Waals surface area contributed by atoms with Crippen molar-refractivity contribution in [1.82, 2.24) is 0 Å². The summed E-state index contributed by atoms with van der Waals surface area (Å²) in [5, 5.41) is -0.184. The number of rotatable bonds is 2. The van der Waals surface area contributed by atoms with Crippen molar-refractivity contribution < 1.29 is 8.42 Å². The van der Waals surface area contributed by atoms with Gasteiger partial charge in [-0.05, 0) is 55.1 Å². The molecule has 3 heteroatoms. The van der Waals surface area contributed by atoms with Crippen LogP contribution >= 0.6 is 0 Å². The Morgan fingerprint density at radius 1 is 0.857 bits per heavy atom. The normalized spacial score (nSPS) is 39.3. The Morgan fingerprint density at radius 2 is 1.57 bits per heavy atom. The van der Waals surface area contributed by atoms with E-state index in [2.05, 4.69) is 12.2 Å². The summed E-state index contributed by atoms with van der Waals surface area (Å²) < 4.78 is 26.0. The molecule has 0 radical (unpaired) electrons. The molecular formula is C18H18O2S. The Bertz CT molecular complexity index is 773. The molecule has 21 heavy (non-hydrogen) atoms. The van der Waals surface area contributed by atoms with E-state index in [1.807, 2.05) is 18.2 Å². The Hall–Kier alpha value is -1.35. The van der Waals surface area contributed by atoms with Crippen LogP contribution in [-0.2, 0) is 9.84 Å². The van der Waals surface area contributed by atoms with E-state index < -0.39 is 9.84 Å². The molecule has 0 aliphatic heterocycles. The second kappa shape index (κ2) is 3.89. The van der Waals surface area contributed by atoms with Crippen LogP contribution in [0.5, 0.6) is 0 Å². The Kier molecular flexibility index (Phi) is 2.26. The highest BCUT2D eigenvalue weighted by molar-refractivity contribution is 7.92. The summed E-state index contributed by atoms with van der Waals surface area (Å²) in [4.78, 5) is 0.503. The molecule has 5 rings (SSSR count). The fraction of sp³-hybridized carbons (Fsp3) is 0.444. The number of benzene rings is 1. The number of allylic oxidation sites excluding steroid dienone is 4. The Balaban J connectivity index is 1.56. The van der Waals surface area contributed by atoms with Crippen molar-refractivity contribution in [1.29, 1.82) is 0 Å². The first-order valence-corrected chi connectivity index (χ1v) is 9.42. The predicted molar refractivity (Wildman–Crippen MR) is 81.4 cm³/mol. The number of sulfone groups is 1. The molecule has 0 aromatic heterocycles. The number of hydrogen-bond donors (Lipinski definition) is 0. The fourth-order valence-corrected chi connectivity index (χ4v) is 7.39. The van der Waals surface area contributed by atoms with Gasteiger partial charge >= 0.3 is 0 Å². The predicted octanol–water partition coefficient (Wildman–Crippen LogP) is 3.37. The Morgan fingerprint density at radius 3 is 2.33 bits per heavy atom. The summed E-state index contributed by atoms with van der Waals surface area (Å²) in [6.07, 6.45) is 7.81. The van der Waals surface area contributed by atoms with Crippen LogP contribution in [0.1, 0.15) is 19.3 Å². The van der Waals surface area contributed by atoms with Crippen molar-refractivity contribution in [2.45, 2.75) is 29.4 Å². The van der Waals surface area contributed by atoms with Crippen molar-refractivity contribution in [3.05, 3.63) is 53.6 Å². The average molecular weight is 298 g/mol. The minimum absolute atomic E-state index is 0.184. The second-order valence-electron chi connectivity index (χ2n) is 6.92. The van der Waals surface area contributed by atoms with E-state index in [4.69, 9.17) is 0 Å². The molecule has 0 N–H and O–H groups in total. The first-order chi connectivity index (χ1) is 10.2. The molecule has 4 aliphatic carbocycles. The molecule has 1 fully saturated rings. The molecule has 1 saturated carbocycles. The average Bonchev–Trinajstić information content (AvgIpc) is 3.26. The zero-order valence-corrected chi connectivity index (χ0v) is 12.6. The maximum Gasteiger partial charge on any atom is 0.181 e. The molecule has 2 nitrogen and oxygen atoms in total. The molecular weight excluding hydrogens is 280 g/mol. The van der Waals surface area contributed by atoms with E-state index >= 15 is 0 Å². The summed E-state index contributed by atoms with van der Waals surface area (Å²) in [5.41, 5.74) is 3.15. The lowest BCUT2D eigenvalue weighted by Crippen LogP contribution is -2.30. The van der Waals surface area contributed by atoms with E-state index in [9.17, 15) is 8.42 Å². The van der Waals surface area contributed by atoms with E-state index in [-0.39, 0.29) is 11.2 Å². The molecule has 4 aliphatic rings. The molecule has 0 unspecified atom stereocenters. The topological polar surface area (TPSA) is 34.1 Å².